The van der Waals surface area contributed by atoms with Crippen LogP contribution >= 0.6 is 0 Å². The monoisotopic (exact) mass is 294 g/mol. The van der Waals surface area contributed by atoms with Gasteiger partial charge in [-0.05, 0) is 50.6 Å². The van der Waals surface area contributed by atoms with Gasteiger partial charge < -0.3 is 9.84 Å². The molecule has 1 N–H and O–H groups in total. The fraction of sp³-hybridized carbons (Fsp3) is 0.211. The van der Waals surface area contributed by atoms with Crippen LogP contribution in [0.5, 0.6) is 5.75 Å². The van der Waals surface area contributed by atoms with E-state index in [1.54, 1.807) is 38.1 Å². The van der Waals surface area contributed by atoms with Crippen molar-refractivity contribution < 1.29 is 14.6 Å². The lowest BCUT2D eigenvalue weighted by Crippen LogP contribution is -2.29. The summed E-state index contributed by atoms with van der Waals surface area (Å²) in [5.74, 6) is 0.725. The van der Waals surface area contributed by atoms with Crippen molar-refractivity contribution in [3.8, 4) is 5.75 Å². The molecular formula is C19H18O3. The lowest BCUT2D eigenvalue weighted by molar-refractivity contribution is -0.125. The number of phenolic OH excluding ortho intramolecular Hbond substituents is 1. The van der Waals surface area contributed by atoms with E-state index in [1.807, 2.05) is 31.2 Å². The molecule has 112 valence electrons. The lowest BCUT2D eigenvalue weighted by atomic mass is 9.92. The van der Waals surface area contributed by atoms with E-state index in [0.717, 1.165) is 16.7 Å². The van der Waals surface area contributed by atoms with E-state index in [4.69, 9.17) is 4.74 Å². The third-order valence-electron chi connectivity index (χ3n) is 3.83. The zero-order valence-electron chi connectivity index (χ0n) is 12.9. The van der Waals surface area contributed by atoms with Gasteiger partial charge >= 0.3 is 0 Å². The third kappa shape index (κ3) is 2.39. The number of aryl methyl sites for hydroxylation is 1. The molecule has 1 heterocycles. The maximum atomic E-state index is 12.7. The molecular weight excluding hydrogens is 276 g/mol. The summed E-state index contributed by atoms with van der Waals surface area (Å²) in [7, 11) is 0. The van der Waals surface area contributed by atoms with Crippen LogP contribution in [0.4, 0.5) is 0 Å². The first-order valence-corrected chi connectivity index (χ1v) is 7.23. The Hall–Kier alpha value is -2.55. The van der Waals surface area contributed by atoms with Gasteiger partial charge in [0.1, 0.15) is 11.5 Å². The predicted molar refractivity (Wildman–Crippen MR) is 86.3 cm³/mol. The fourth-order valence-corrected chi connectivity index (χ4v) is 2.56. The standard InChI is InChI=1S/C19H18O3/c1-12-4-6-13(7-5-12)16-17(22-19(2,3)18(16)21)14-8-10-15(20)11-9-14/h4-11,20H,1-3H3. The quantitative estimate of drug-likeness (QED) is 0.912. The molecule has 2 aromatic carbocycles. The zero-order valence-corrected chi connectivity index (χ0v) is 12.9. The van der Waals surface area contributed by atoms with Gasteiger partial charge in [0.05, 0.1) is 5.57 Å². The van der Waals surface area contributed by atoms with Gasteiger partial charge in [-0.15, -0.1) is 0 Å². The van der Waals surface area contributed by atoms with E-state index in [2.05, 4.69) is 0 Å². The van der Waals surface area contributed by atoms with Crippen molar-refractivity contribution in [1.82, 2.24) is 0 Å². The molecule has 22 heavy (non-hydrogen) atoms. The van der Waals surface area contributed by atoms with Crippen LogP contribution in [0.1, 0.15) is 30.5 Å². The van der Waals surface area contributed by atoms with Gasteiger partial charge in [-0.3, -0.25) is 4.79 Å². The van der Waals surface area contributed by atoms with Gasteiger partial charge in [-0.1, -0.05) is 29.8 Å². The van der Waals surface area contributed by atoms with Gasteiger partial charge in [-0.25, -0.2) is 0 Å². The van der Waals surface area contributed by atoms with Crippen molar-refractivity contribution in [3.63, 3.8) is 0 Å². The summed E-state index contributed by atoms with van der Waals surface area (Å²) in [5.41, 5.74) is 2.49. The van der Waals surface area contributed by atoms with Crippen LogP contribution < -0.4 is 0 Å². The Morgan fingerprint density at radius 1 is 0.909 bits per heavy atom. The average Bonchev–Trinajstić information content (AvgIpc) is 2.72. The minimum Gasteiger partial charge on any atom is -0.508 e. The number of carbonyl (C=O) groups excluding carboxylic acids is 1. The number of phenols is 1. The second-order valence-corrected chi connectivity index (χ2v) is 6.06. The minimum atomic E-state index is -0.882. The molecule has 0 aromatic heterocycles. The normalized spacial score (nSPS) is 16.8. The summed E-state index contributed by atoms with van der Waals surface area (Å²) in [5, 5.41) is 9.44. The van der Waals surface area contributed by atoms with E-state index in [-0.39, 0.29) is 11.5 Å². The summed E-state index contributed by atoms with van der Waals surface area (Å²) in [4.78, 5) is 12.7. The molecule has 3 nitrogen and oxygen atoms in total. The Balaban J connectivity index is 2.18. The van der Waals surface area contributed by atoms with E-state index < -0.39 is 5.60 Å². The van der Waals surface area contributed by atoms with Crippen LogP contribution in [0.25, 0.3) is 11.3 Å². The maximum Gasteiger partial charge on any atom is 0.210 e. The number of carbonyl (C=O) groups is 1. The number of ether oxygens (including phenoxy) is 1. The second kappa shape index (κ2) is 5.02. The van der Waals surface area contributed by atoms with Crippen LogP contribution in [-0.4, -0.2) is 16.5 Å². The van der Waals surface area contributed by atoms with Crippen LogP contribution in [0.15, 0.2) is 48.5 Å². The number of rotatable bonds is 2. The van der Waals surface area contributed by atoms with Crippen molar-refractivity contribution in [2.45, 2.75) is 26.4 Å². The highest BCUT2D eigenvalue weighted by Crippen LogP contribution is 2.41. The number of hydrogen-bond donors (Lipinski definition) is 1. The Kier molecular flexibility index (Phi) is 3.28. The number of ketones is 1. The largest absolute Gasteiger partial charge is 0.508 e. The van der Waals surface area contributed by atoms with E-state index in [1.165, 1.54) is 0 Å². The van der Waals surface area contributed by atoms with E-state index >= 15 is 0 Å². The fourth-order valence-electron chi connectivity index (χ4n) is 2.56. The molecule has 0 amide bonds. The smallest absolute Gasteiger partial charge is 0.210 e. The topological polar surface area (TPSA) is 46.5 Å². The van der Waals surface area contributed by atoms with E-state index in [9.17, 15) is 9.90 Å². The molecule has 0 fully saturated rings. The minimum absolute atomic E-state index is 0.0283. The highest BCUT2D eigenvalue weighted by Gasteiger charge is 2.42. The summed E-state index contributed by atoms with van der Waals surface area (Å²) in [6.07, 6.45) is 0. The molecule has 0 aliphatic carbocycles. The molecule has 2 aromatic rings. The summed E-state index contributed by atoms with van der Waals surface area (Å²) < 4.78 is 5.93. The highest BCUT2D eigenvalue weighted by molar-refractivity contribution is 6.32. The van der Waals surface area contributed by atoms with E-state index in [0.29, 0.717) is 11.3 Å². The summed E-state index contributed by atoms with van der Waals surface area (Å²) in [6, 6.07) is 14.5. The summed E-state index contributed by atoms with van der Waals surface area (Å²) in [6.45, 7) is 5.56. The van der Waals surface area contributed by atoms with Gasteiger partial charge in [0.25, 0.3) is 0 Å². The maximum absolute atomic E-state index is 12.7. The molecule has 0 radical (unpaired) electrons. The molecule has 0 saturated heterocycles. The van der Waals surface area contributed by atoms with Crippen LogP contribution in [0.2, 0.25) is 0 Å². The first-order chi connectivity index (χ1) is 10.4. The van der Waals surface area contributed by atoms with Gasteiger partial charge in [-0.2, -0.15) is 0 Å². The molecule has 0 saturated carbocycles. The van der Waals surface area contributed by atoms with Gasteiger partial charge in [0.2, 0.25) is 5.78 Å². The van der Waals surface area contributed by atoms with Crippen molar-refractivity contribution in [3.05, 3.63) is 65.2 Å². The van der Waals surface area contributed by atoms with Crippen molar-refractivity contribution >= 4 is 17.1 Å². The molecule has 3 rings (SSSR count). The average molecular weight is 294 g/mol. The Morgan fingerprint density at radius 2 is 1.45 bits per heavy atom. The van der Waals surface area contributed by atoms with Crippen LogP contribution in [0, 0.1) is 6.92 Å². The summed E-state index contributed by atoms with van der Waals surface area (Å²) >= 11 is 0. The molecule has 0 bridgehead atoms. The third-order valence-corrected chi connectivity index (χ3v) is 3.83. The number of benzene rings is 2. The van der Waals surface area contributed by atoms with Crippen molar-refractivity contribution in [2.75, 3.05) is 0 Å². The SMILES string of the molecule is Cc1ccc(C2=C(c3ccc(O)cc3)OC(C)(C)C2=O)cc1. The van der Waals surface area contributed by atoms with Gasteiger partial charge in [0.15, 0.2) is 5.60 Å². The number of Topliss-reactive ketones (excluding diaryl/α,β-unsaturated/α-hetero) is 1. The molecule has 0 atom stereocenters. The Bertz CT molecular complexity index is 750. The second-order valence-electron chi connectivity index (χ2n) is 6.06. The molecule has 0 unspecified atom stereocenters. The molecule has 0 spiro atoms. The highest BCUT2D eigenvalue weighted by atomic mass is 16.5. The van der Waals surface area contributed by atoms with Crippen molar-refractivity contribution in [2.24, 2.45) is 0 Å². The number of aromatic hydroxyl groups is 1. The first kappa shape index (κ1) is 14.4. The Labute approximate surface area is 129 Å². The Morgan fingerprint density at radius 3 is 2.05 bits per heavy atom. The van der Waals surface area contributed by atoms with Gasteiger partial charge in [0, 0.05) is 5.56 Å². The lowest BCUT2D eigenvalue weighted by Gasteiger charge is -2.17. The number of hydrogen-bond acceptors (Lipinski definition) is 3. The molecule has 1 aliphatic rings. The first-order valence-electron chi connectivity index (χ1n) is 7.23. The predicted octanol–water partition coefficient (Wildman–Crippen LogP) is 3.95. The van der Waals surface area contributed by atoms with Crippen LogP contribution in [0.3, 0.4) is 0 Å². The zero-order chi connectivity index (χ0) is 15.9. The molecule has 3 heteroatoms. The van der Waals surface area contributed by atoms with Crippen LogP contribution in [-0.2, 0) is 9.53 Å². The molecule has 1 aliphatic heterocycles. The van der Waals surface area contributed by atoms with Crippen molar-refractivity contribution in [1.29, 1.82) is 0 Å².